The first-order valence-corrected chi connectivity index (χ1v) is 6.64. The van der Waals surface area contributed by atoms with Crippen molar-refractivity contribution < 1.29 is 9.53 Å². The second-order valence-electron chi connectivity index (χ2n) is 4.54. The minimum atomic E-state index is -0.131. The molecule has 0 saturated carbocycles. The lowest BCUT2D eigenvalue weighted by Crippen LogP contribution is -2.25. The number of hydrogen-bond acceptors (Lipinski definition) is 3. The van der Waals surface area contributed by atoms with Gasteiger partial charge in [-0.2, -0.15) is 5.26 Å². The Morgan fingerprint density at radius 2 is 1.81 bits per heavy atom. The average molecular weight is 280 g/mol. The van der Waals surface area contributed by atoms with Crippen LogP contribution in [0.5, 0.6) is 5.75 Å². The number of benzene rings is 2. The van der Waals surface area contributed by atoms with Crippen molar-refractivity contribution in [1.29, 1.82) is 5.26 Å². The smallest absolute Gasteiger partial charge is 0.251 e. The molecule has 0 saturated heterocycles. The van der Waals surface area contributed by atoms with E-state index in [9.17, 15) is 4.79 Å². The number of carbonyl (C=O) groups excluding carboxylic acids is 1. The van der Waals surface area contributed by atoms with Gasteiger partial charge in [0, 0.05) is 12.1 Å². The quantitative estimate of drug-likeness (QED) is 0.915. The predicted octanol–water partition coefficient (Wildman–Crippen LogP) is 2.54. The minimum Gasteiger partial charge on any atom is -0.497 e. The van der Waals surface area contributed by atoms with Crippen LogP contribution in [0.3, 0.4) is 0 Å². The molecule has 2 rings (SSSR count). The van der Waals surface area contributed by atoms with Crippen LogP contribution in [0.1, 0.15) is 21.5 Å². The normalized spacial score (nSPS) is 9.71. The van der Waals surface area contributed by atoms with Crippen molar-refractivity contribution in [3.63, 3.8) is 0 Å². The Labute approximate surface area is 124 Å². The van der Waals surface area contributed by atoms with Crippen molar-refractivity contribution in [2.75, 3.05) is 13.7 Å². The van der Waals surface area contributed by atoms with E-state index in [-0.39, 0.29) is 5.91 Å². The number of nitrogens with one attached hydrogen (secondary N) is 1. The molecule has 4 heteroatoms. The van der Waals surface area contributed by atoms with Gasteiger partial charge in [0.1, 0.15) is 5.75 Å². The number of amides is 1. The summed E-state index contributed by atoms with van der Waals surface area (Å²) in [6, 6.07) is 16.4. The van der Waals surface area contributed by atoms with Crippen LogP contribution in [0, 0.1) is 11.3 Å². The fourth-order valence-corrected chi connectivity index (χ4v) is 1.91. The number of ether oxygens (including phenoxy) is 1. The Morgan fingerprint density at radius 3 is 2.38 bits per heavy atom. The van der Waals surface area contributed by atoms with Crippen molar-refractivity contribution in [1.82, 2.24) is 5.32 Å². The van der Waals surface area contributed by atoms with Crippen molar-refractivity contribution in [3.05, 3.63) is 65.2 Å². The highest BCUT2D eigenvalue weighted by Gasteiger charge is 2.04. The van der Waals surface area contributed by atoms with Gasteiger partial charge in [-0.1, -0.05) is 12.1 Å². The molecule has 0 unspecified atom stereocenters. The number of nitriles is 1. The molecule has 0 spiro atoms. The SMILES string of the molecule is COc1ccc(CCNC(=O)c2ccc(C#N)cc2)cc1. The average Bonchev–Trinajstić information content (AvgIpc) is 2.55. The van der Waals surface area contributed by atoms with Gasteiger partial charge in [0.25, 0.3) is 5.91 Å². The monoisotopic (exact) mass is 280 g/mol. The van der Waals surface area contributed by atoms with Crippen LogP contribution in [0.2, 0.25) is 0 Å². The van der Waals surface area contributed by atoms with E-state index in [0.717, 1.165) is 17.7 Å². The van der Waals surface area contributed by atoms with Crippen LogP contribution in [0.4, 0.5) is 0 Å². The molecule has 0 bridgehead atoms. The summed E-state index contributed by atoms with van der Waals surface area (Å²) in [7, 11) is 1.63. The number of nitrogens with zero attached hydrogens (tertiary/aromatic N) is 1. The van der Waals surface area contributed by atoms with Crippen molar-refractivity contribution in [3.8, 4) is 11.8 Å². The molecule has 0 aliphatic heterocycles. The summed E-state index contributed by atoms with van der Waals surface area (Å²) >= 11 is 0. The summed E-state index contributed by atoms with van der Waals surface area (Å²) in [6.07, 6.45) is 0.756. The highest BCUT2D eigenvalue weighted by atomic mass is 16.5. The van der Waals surface area contributed by atoms with Crippen molar-refractivity contribution in [2.24, 2.45) is 0 Å². The lowest BCUT2D eigenvalue weighted by Gasteiger charge is -2.06. The van der Waals surface area contributed by atoms with E-state index in [1.54, 1.807) is 31.4 Å². The molecule has 106 valence electrons. The molecule has 0 aromatic heterocycles. The summed E-state index contributed by atoms with van der Waals surface area (Å²) < 4.78 is 5.10. The molecule has 21 heavy (non-hydrogen) atoms. The summed E-state index contributed by atoms with van der Waals surface area (Å²) in [6.45, 7) is 0.561. The van der Waals surface area contributed by atoms with Gasteiger partial charge in [-0.15, -0.1) is 0 Å². The lowest BCUT2D eigenvalue weighted by atomic mass is 10.1. The summed E-state index contributed by atoms with van der Waals surface area (Å²) in [4.78, 5) is 11.9. The standard InChI is InChI=1S/C17H16N2O2/c1-21-16-8-4-13(5-9-16)10-11-19-17(20)15-6-2-14(12-18)3-7-15/h2-9H,10-11H2,1H3,(H,19,20). The molecule has 1 N–H and O–H groups in total. The number of hydrogen-bond donors (Lipinski definition) is 1. The fraction of sp³-hybridized carbons (Fsp3) is 0.176. The van der Waals surface area contributed by atoms with Crippen molar-refractivity contribution in [2.45, 2.75) is 6.42 Å². The number of carbonyl (C=O) groups is 1. The largest absolute Gasteiger partial charge is 0.497 e. The summed E-state index contributed by atoms with van der Waals surface area (Å²) in [5.74, 6) is 0.688. The number of methoxy groups -OCH3 is 1. The van der Waals surface area contributed by atoms with E-state index in [4.69, 9.17) is 10.00 Å². The van der Waals surface area contributed by atoms with Gasteiger partial charge in [-0.3, -0.25) is 4.79 Å². The molecular weight excluding hydrogens is 264 g/mol. The van der Waals surface area contributed by atoms with Gasteiger partial charge in [-0.05, 0) is 48.4 Å². The third-order valence-electron chi connectivity index (χ3n) is 3.13. The van der Waals surface area contributed by atoms with E-state index in [1.807, 2.05) is 30.3 Å². The molecule has 0 aliphatic carbocycles. The Hall–Kier alpha value is -2.80. The van der Waals surface area contributed by atoms with E-state index in [1.165, 1.54) is 0 Å². The molecule has 0 heterocycles. The summed E-state index contributed by atoms with van der Waals surface area (Å²) in [5.41, 5.74) is 2.24. The van der Waals surface area contributed by atoms with Gasteiger partial charge in [0.15, 0.2) is 0 Å². The van der Waals surface area contributed by atoms with E-state index < -0.39 is 0 Å². The predicted molar refractivity (Wildman–Crippen MR) is 80.2 cm³/mol. The van der Waals surface area contributed by atoms with Gasteiger partial charge in [-0.25, -0.2) is 0 Å². The molecule has 0 aliphatic rings. The van der Waals surface area contributed by atoms with Gasteiger partial charge in [0.2, 0.25) is 0 Å². The third kappa shape index (κ3) is 4.08. The fourth-order valence-electron chi connectivity index (χ4n) is 1.91. The zero-order valence-electron chi connectivity index (χ0n) is 11.8. The molecule has 1 amide bonds. The van der Waals surface area contributed by atoms with Crippen LogP contribution < -0.4 is 10.1 Å². The lowest BCUT2D eigenvalue weighted by molar-refractivity contribution is 0.0954. The third-order valence-corrected chi connectivity index (χ3v) is 3.13. The molecular formula is C17H16N2O2. The van der Waals surface area contributed by atoms with E-state index in [0.29, 0.717) is 17.7 Å². The maximum Gasteiger partial charge on any atom is 0.251 e. The molecule has 4 nitrogen and oxygen atoms in total. The first-order valence-electron chi connectivity index (χ1n) is 6.64. The highest BCUT2D eigenvalue weighted by molar-refractivity contribution is 5.94. The van der Waals surface area contributed by atoms with Crippen LogP contribution in [0.15, 0.2) is 48.5 Å². The summed E-state index contributed by atoms with van der Waals surface area (Å²) in [5, 5.41) is 11.6. The van der Waals surface area contributed by atoms with Crippen LogP contribution in [-0.4, -0.2) is 19.6 Å². The zero-order chi connectivity index (χ0) is 15.1. The second-order valence-corrected chi connectivity index (χ2v) is 4.54. The first kappa shape index (κ1) is 14.6. The van der Waals surface area contributed by atoms with Crippen LogP contribution in [-0.2, 0) is 6.42 Å². The minimum absolute atomic E-state index is 0.131. The zero-order valence-corrected chi connectivity index (χ0v) is 11.8. The van der Waals surface area contributed by atoms with Gasteiger partial charge >= 0.3 is 0 Å². The Morgan fingerprint density at radius 1 is 1.14 bits per heavy atom. The van der Waals surface area contributed by atoms with Gasteiger partial charge < -0.3 is 10.1 Å². The van der Waals surface area contributed by atoms with Crippen LogP contribution >= 0.6 is 0 Å². The Kier molecular flexibility index (Phi) is 4.94. The van der Waals surface area contributed by atoms with Crippen LogP contribution in [0.25, 0.3) is 0 Å². The van der Waals surface area contributed by atoms with Crippen molar-refractivity contribution >= 4 is 5.91 Å². The topological polar surface area (TPSA) is 62.1 Å². The molecule has 0 fully saturated rings. The first-order chi connectivity index (χ1) is 10.2. The Balaban J connectivity index is 1.84. The van der Waals surface area contributed by atoms with E-state index >= 15 is 0 Å². The molecule has 0 radical (unpaired) electrons. The maximum absolute atomic E-state index is 11.9. The molecule has 0 atom stereocenters. The Bertz CT molecular complexity index is 640. The second kappa shape index (κ2) is 7.11. The van der Waals surface area contributed by atoms with Gasteiger partial charge in [0.05, 0.1) is 18.7 Å². The van der Waals surface area contributed by atoms with E-state index in [2.05, 4.69) is 5.32 Å². The molecule has 2 aromatic carbocycles. The maximum atomic E-state index is 11.9. The number of rotatable bonds is 5. The molecule has 2 aromatic rings. The highest BCUT2D eigenvalue weighted by Crippen LogP contribution is 2.11.